The van der Waals surface area contributed by atoms with Crippen molar-refractivity contribution in [3.05, 3.63) is 0 Å². The lowest BCUT2D eigenvalue weighted by atomic mass is 10.0. The van der Waals surface area contributed by atoms with Gasteiger partial charge in [0.1, 0.15) is 5.78 Å². The van der Waals surface area contributed by atoms with Crippen LogP contribution < -0.4 is 10.6 Å². The van der Waals surface area contributed by atoms with Crippen molar-refractivity contribution in [2.75, 3.05) is 26.2 Å². The summed E-state index contributed by atoms with van der Waals surface area (Å²) >= 11 is 0. The number of hydrogen-bond acceptors (Lipinski definition) is 4. The number of nitrogens with zero attached hydrogens (tertiary/aromatic N) is 1. The highest BCUT2D eigenvalue weighted by Crippen LogP contribution is 2.12. The Morgan fingerprint density at radius 2 is 1.62 bits per heavy atom. The first-order valence-electron chi connectivity index (χ1n) is 10.7. The molecule has 0 aromatic carbocycles. The van der Waals surface area contributed by atoms with Crippen molar-refractivity contribution in [2.45, 2.75) is 91.1 Å². The van der Waals surface area contributed by atoms with Crippen LogP contribution in [0.4, 0.5) is 0 Å². The van der Waals surface area contributed by atoms with Gasteiger partial charge in [0, 0.05) is 43.9 Å². The topological polar surface area (TPSA) is 61.4 Å². The Balaban J connectivity index is 2.02. The highest BCUT2D eigenvalue weighted by Gasteiger charge is 2.20. The number of ketones is 1. The van der Waals surface area contributed by atoms with E-state index in [1.165, 1.54) is 6.42 Å². The largest absolute Gasteiger partial charge is 0.353 e. The molecule has 1 aliphatic heterocycles. The molecule has 152 valence electrons. The van der Waals surface area contributed by atoms with Gasteiger partial charge in [0.05, 0.1) is 0 Å². The molecule has 1 aliphatic rings. The predicted molar refractivity (Wildman–Crippen MR) is 108 cm³/mol. The summed E-state index contributed by atoms with van der Waals surface area (Å²) in [5, 5.41) is 6.65. The minimum atomic E-state index is 0.135. The molecule has 5 nitrogen and oxygen atoms in total. The number of carbonyl (C=O) groups is 2. The lowest BCUT2D eigenvalue weighted by Gasteiger charge is -2.32. The molecular weight excluding hydrogens is 326 g/mol. The molecule has 0 aliphatic carbocycles. The van der Waals surface area contributed by atoms with Crippen LogP contribution in [0, 0.1) is 5.92 Å². The van der Waals surface area contributed by atoms with Crippen LogP contribution in [0.2, 0.25) is 0 Å². The summed E-state index contributed by atoms with van der Waals surface area (Å²) in [6.45, 7) is 12.7. The molecule has 2 N–H and O–H groups in total. The number of unbranched alkanes of at least 4 members (excludes halogenated alkanes) is 2. The molecule has 1 saturated heterocycles. The van der Waals surface area contributed by atoms with Crippen LogP contribution >= 0.6 is 0 Å². The van der Waals surface area contributed by atoms with Gasteiger partial charge in [-0.25, -0.2) is 0 Å². The van der Waals surface area contributed by atoms with Gasteiger partial charge in [0.2, 0.25) is 5.91 Å². The van der Waals surface area contributed by atoms with Gasteiger partial charge in [-0.2, -0.15) is 0 Å². The average Bonchev–Trinajstić information content (AvgIpc) is 2.59. The highest BCUT2D eigenvalue weighted by atomic mass is 16.1. The van der Waals surface area contributed by atoms with Crippen LogP contribution in [0.5, 0.6) is 0 Å². The number of nitrogens with one attached hydrogen (secondary N) is 2. The van der Waals surface area contributed by atoms with E-state index >= 15 is 0 Å². The van der Waals surface area contributed by atoms with Crippen LogP contribution in [-0.2, 0) is 9.59 Å². The lowest BCUT2D eigenvalue weighted by Crippen LogP contribution is -2.45. The Morgan fingerprint density at radius 3 is 2.23 bits per heavy atom. The molecule has 0 unspecified atom stereocenters. The fourth-order valence-electron chi connectivity index (χ4n) is 3.34. The van der Waals surface area contributed by atoms with Gasteiger partial charge in [-0.3, -0.25) is 9.59 Å². The first-order valence-corrected chi connectivity index (χ1v) is 10.7. The molecule has 5 heteroatoms. The fraction of sp³-hybridized carbons (Fsp3) is 0.905. The van der Waals surface area contributed by atoms with E-state index in [-0.39, 0.29) is 11.8 Å². The molecule has 0 radical (unpaired) electrons. The zero-order valence-electron chi connectivity index (χ0n) is 17.5. The van der Waals surface area contributed by atoms with Crippen molar-refractivity contribution in [1.82, 2.24) is 15.5 Å². The van der Waals surface area contributed by atoms with Gasteiger partial charge < -0.3 is 15.5 Å². The zero-order chi connectivity index (χ0) is 19.4. The maximum absolute atomic E-state index is 12.1. The summed E-state index contributed by atoms with van der Waals surface area (Å²) in [5.74, 6) is 0.650. The van der Waals surface area contributed by atoms with Crippen molar-refractivity contribution >= 4 is 11.7 Å². The molecule has 0 aromatic heterocycles. The van der Waals surface area contributed by atoms with Gasteiger partial charge in [0.25, 0.3) is 0 Å². The summed E-state index contributed by atoms with van der Waals surface area (Å²) < 4.78 is 0. The highest BCUT2D eigenvalue weighted by molar-refractivity contribution is 5.80. The third kappa shape index (κ3) is 10.9. The summed E-state index contributed by atoms with van der Waals surface area (Å²) in [6, 6.07) is 0.904. The van der Waals surface area contributed by atoms with Crippen molar-refractivity contribution < 1.29 is 9.59 Å². The van der Waals surface area contributed by atoms with Crippen LogP contribution in [0.1, 0.15) is 79.1 Å². The minimum Gasteiger partial charge on any atom is -0.353 e. The van der Waals surface area contributed by atoms with Gasteiger partial charge >= 0.3 is 0 Å². The van der Waals surface area contributed by atoms with E-state index in [0.29, 0.717) is 30.7 Å². The molecule has 1 rings (SSSR count). The van der Waals surface area contributed by atoms with Crippen LogP contribution in [0.25, 0.3) is 0 Å². The number of carbonyl (C=O) groups excluding carboxylic acids is 2. The monoisotopic (exact) mass is 367 g/mol. The molecule has 0 atom stereocenters. The maximum atomic E-state index is 12.1. The Morgan fingerprint density at radius 1 is 0.962 bits per heavy atom. The molecule has 0 bridgehead atoms. The standard InChI is InChI=1S/C21H41N3O2/c1-17(2)20(25)9-6-5-7-10-21(26)23-19-11-15-24(16-12-19)14-8-13-22-18(3)4/h17-19,22H,5-16H2,1-4H3,(H,23,26). The molecule has 1 heterocycles. The average molecular weight is 368 g/mol. The molecule has 0 spiro atoms. The van der Waals surface area contributed by atoms with Gasteiger partial charge in [-0.15, -0.1) is 0 Å². The first kappa shape index (κ1) is 23.1. The van der Waals surface area contributed by atoms with Gasteiger partial charge in [0.15, 0.2) is 0 Å². The van der Waals surface area contributed by atoms with Crippen LogP contribution in [0.15, 0.2) is 0 Å². The van der Waals surface area contributed by atoms with Gasteiger partial charge in [-0.05, 0) is 45.2 Å². The molecular formula is C21H41N3O2. The normalized spacial score (nSPS) is 16.4. The van der Waals surface area contributed by atoms with Crippen LogP contribution in [0.3, 0.4) is 0 Å². The fourth-order valence-corrected chi connectivity index (χ4v) is 3.34. The summed E-state index contributed by atoms with van der Waals surface area (Å²) in [5.41, 5.74) is 0. The first-order chi connectivity index (χ1) is 12.4. The third-order valence-electron chi connectivity index (χ3n) is 5.13. The van der Waals surface area contributed by atoms with E-state index in [0.717, 1.165) is 58.3 Å². The maximum Gasteiger partial charge on any atom is 0.220 e. The van der Waals surface area contributed by atoms with E-state index in [2.05, 4.69) is 29.4 Å². The second-order valence-corrected chi connectivity index (χ2v) is 8.33. The second-order valence-electron chi connectivity index (χ2n) is 8.33. The number of hydrogen-bond donors (Lipinski definition) is 2. The lowest BCUT2D eigenvalue weighted by molar-refractivity contribution is -0.122. The molecule has 1 fully saturated rings. The number of piperidine rings is 1. The van der Waals surface area contributed by atoms with E-state index in [1.54, 1.807) is 0 Å². The molecule has 26 heavy (non-hydrogen) atoms. The van der Waals surface area contributed by atoms with E-state index in [1.807, 2.05) is 13.8 Å². The molecule has 0 saturated carbocycles. The Hall–Kier alpha value is -0.940. The number of Topliss-reactive ketones (excluding diaryl/α,β-unsaturated/α-hetero) is 1. The number of rotatable bonds is 13. The number of amides is 1. The molecule has 0 aromatic rings. The predicted octanol–water partition coefficient (Wildman–Crippen LogP) is 3.13. The molecule has 1 amide bonds. The Bertz CT molecular complexity index is 402. The van der Waals surface area contributed by atoms with Gasteiger partial charge in [-0.1, -0.05) is 34.1 Å². The van der Waals surface area contributed by atoms with E-state index in [4.69, 9.17) is 0 Å². The summed E-state index contributed by atoms with van der Waals surface area (Å²) in [7, 11) is 0. The van der Waals surface area contributed by atoms with E-state index < -0.39 is 0 Å². The zero-order valence-corrected chi connectivity index (χ0v) is 17.5. The smallest absolute Gasteiger partial charge is 0.220 e. The third-order valence-corrected chi connectivity index (χ3v) is 5.13. The Labute approximate surface area is 160 Å². The van der Waals surface area contributed by atoms with E-state index in [9.17, 15) is 9.59 Å². The SMILES string of the molecule is CC(C)NCCCN1CCC(NC(=O)CCCCCC(=O)C(C)C)CC1. The minimum absolute atomic E-state index is 0.135. The van der Waals surface area contributed by atoms with Crippen molar-refractivity contribution in [3.63, 3.8) is 0 Å². The van der Waals surface area contributed by atoms with Crippen molar-refractivity contribution in [1.29, 1.82) is 0 Å². The Kier molecular flexibility index (Phi) is 11.8. The van der Waals surface area contributed by atoms with Crippen LogP contribution in [-0.4, -0.2) is 54.9 Å². The van der Waals surface area contributed by atoms with Crippen molar-refractivity contribution in [3.8, 4) is 0 Å². The number of likely N-dealkylation sites (tertiary alicyclic amines) is 1. The van der Waals surface area contributed by atoms with Crippen molar-refractivity contribution in [2.24, 2.45) is 5.92 Å². The second kappa shape index (κ2) is 13.3. The summed E-state index contributed by atoms with van der Waals surface area (Å²) in [4.78, 5) is 26.1. The summed E-state index contributed by atoms with van der Waals surface area (Å²) in [6.07, 6.45) is 7.33. The quantitative estimate of drug-likeness (QED) is 0.491.